The van der Waals surface area contributed by atoms with Crippen LogP contribution in [0.25, 0.3) is 10.4 Å². The van der Waals surface area contributed by atoms with Crippen molar-refractivity contribution in [3.05, 3.63) is 92.8 Å². The summed E-state index contributed by atoms with van der Waals surface area (Å²) in [6, 6.07) is 14.2. The fourth-order valence-corrected chi connectivity index (χ4v) is 10.6. The van der Waals surface area contributed by atoms with Crippen molar-refractivity contribution in [1.29, 1.82) is 0 Å². The molecule has 3 aromatic heterocycles. The summed E-state index contributed by atoms with van der Waals surface area (Å²) in [5, 5.41) is 23.7. The second-order valence-corrected chi connectivity index (χ2v) is 22.4. The first-order chi connectivity index (χ1) is 37.9. The van der Waals surface area contributed by atoms with Crippen LogP contribution in [0, 0.1) is 26.2 Å². The smallest absolute Gasteiger partial charge is 0.267 e. The number of benzene rings is 2. The molecule has 20 nitrogen and oxygen atoms in total. The van der Waals surface area contributed by atoms with Gasteiger partial charge in [-0.3, -0.25) is 19.2 Å². The van der Waals surface area contributed by atoms with Crippen molar-refractivity contribution in [2.45, 2.75) is 99.4 Å². The molecule has 5 aromatic rings. The lowest BCUT2D eigenvalue weighted by atomic mass is 9.85. The summed E-state index contributed by atoms with van der Waals surface area (Å²) in [6.45, 7) is 23.7. The van der Waals surface area contributed by atoms with E-state index in [-0.39, 0.29) is 42.0 Å². The van der Waals surface area contributed by atoms with E-state index in [1.165, 1.54) is 17.5 Å². The molecule has 0 unspecified atom stereocenters. The van der Waals surface area contributed by atoms with Gasteiger partial charge in [0.2, 0.25) is 17.7 Å². The summed E-state index contributed by atoms with van der Waals surface area (Å²) in [5.41, 5.74) is 6.01. The maximum Gasteiger partial charge on any atom is 0.267 e. The number of hydrogen-bond acceptors (Lipinski definition) is 18. The predicted octanol–water partition coefficient (Wildman–Crippen LogP) is 7.44. The first kappa shape index (κ1) is 62.5. The van der Waals surface area contributed by atoms with Crippen molar-refractivity contribution in [1.82, 2.24) is 40.4 Å². The number of ether oxygens (including phenoxy) is 4. The number of thiazole rings is 2. The quantitative estimate of drug-likeness (QED) is 0.0339. The molecule has 4 amide bonds. The van der Waals surface area contributed by atoms with Crippen molar-refractivity contribution in [3.63, 3.8) is 0 Å². The Labute approximate surface area is 477 Å². The van der Waals surface area contributed by atoms with Crippen molar-refractivity contribution in [3.8, 4) is 10.4 Å². The average Bonchev–Trinajstić information content (AvgIpc) is 4.21. The second kappa shape index (κ2) is 31.3. The molecule has 0 saturated carbocycles. The van der Waals surface area contributed by atoms with E-state index in [4.69, 9.17) is 30.5 Å². The number of β-amino-alcohol motifs (C(OH)–C–C–N with tert-alkyl or cyclic N) is 1. The van der Waals surface area contributed by atoms with Crippen LogP contribution in [-0.2, 0) is 39.9 Å². The number of aliphatic hydroxyl groups is 1. The summed E-state index contributed by atoms with van der Waals surface area (Å²) in [6.07, 6.45) is 2.17. The molecule has 430 valence electrons. The fourth-order valence-electron chi connectivity index (χ4n) is 8.84. The van der Waals surface area contributed by atoms with Gasteiger partial charge in [-0.1, -0.05) is 80.1 Å². The van der Waals surface area contributed by atoms with Crippen LogP contribution < -0.4 is 26.2 Å². The minimum absolute atomic E-state index is 0.0754. The number of para-hydroxylation sites is 1. The van der Waals surface area contributed by atoms with E-state index in [1.807, 2.05) is 108 Å². The largest absolute Gasteiger partial charge is 0.391 e. The van der Waals surface area contributed by atoms with Gasteiger partial charge in [-0.15, -0.1) is 11.3 Å². The van der Waals surface area contributed by atoms with Gasteiger partial charge in [-0.2, -0.15) is 0 Å². The average molecular weight is 1150 g/mol. The molecule has 7 rings (SSSR count). The maximum atomic E-state index is 13.6. The monoisotopic (exact) mass is 1150 g/mol. The van der Waals surface area contributed by atoms with E-state index in [1.54, 1.807) is 22.3 Å². The van der Waals surface area contributed by atoms with Gasteiger partial charge in [0.05, 0.1) is 84.6 Å². The Bertz CT molecular complexity index is 2710. The van der Waals surface area contributed by atoms with Crippen molar-refractivity contribution in [2.24, 2.45) is 5.41 Å². The topological polar surface area (TPSA) is 235 Å². The van der Waals surface area contributed by atoms with Gasteiger partial charge in [-0.05, 0) is 75.8 Å². The van der Waals surface area contributed by atoms with Crippen LogP contribution in [0.3, 0.4) is 0 Å². The number of aryl methyl sites for hydroxylation is 3. The number of carbonyl (C=O) groups is 4. The van der Waals surface area contributed by atoms with Gasteiger partial charge in [-0.25, -0.2) is 19.9 Å². The number of rotatable bonds is 26. The summed E-state index contributed by atoms with van der Waals surface area (Å²) in [7, 11) is 0. The zero-order chi connectivity index (χ0) is 56.9. The molecule has 3 atom stereocenters. The number of aliphatic hydroxyl groups excluding tert-OH is 1. The fraction of sp³-hybridized carbons (Fsp3) is 0.536. The van der Waals surface area contributed by atoms with Crippen molar-refractivity contribution < 1.29 is 43.2 Å². The normalized spacial score (nSPS) is 15.8. The van der Waals surface area contributed by atoms with E-state index in [2.05, 4.69) is 46.1 Å². The molecule has 2 saturated heterocycles. The molecule has 5 heterocycles. The van der Waals surface area contributed by atoms with E-state index in [9.17, 15) is 24.3 Å². The van der Waals surface area contributed by atoms with Crippen LogP contribution in [0.2, 0.25) is 5.02 Å². The number of amides is 4. The molecule has 0 spiro atoms. The number of piperazine rings is 1. The zero-order valence-electron chi connectivity index (χ0n) is 46.8. The number of nitrogens with one attached hydrogen (secondary N) is 4. The first-order valence-corrected chi connectivity index (χ1v) is 29.0. The van der Waals surface area contributed by atoms with Gasteiger partial charge < -0.3 is 60.0 Å². The van der Waals surface area contributed by atoms with Crippen LogP contribution in [0.1, 0.15) is 86.2 Å². The number of likely N-dealkylation sites (tertiary alicyclic amines) is 1. The van der Waals surface area contributed by atoms with Crippen LogP contribution in [-0.4, -0.2) is 169 Å². The molecule has 79 heavy (non-hydrogen) atoms. The standard InChI is InChI=1S/C29H38ClN7O5S.C27H40N4O4S/c1-4-40-14-15-42-17-16-41-13-8-26(38)37-11-9-36(10-12-37)25-18-24(32-21(3)33-25)34-29-31-19-23(43-29)28(39)35-27-20(2)6-5-7-22(27)30;1-6-35-13-7-12-28-24(27(3,4)5)26(34)31-16-21(32)14-22(31)25(33)29-15-19-8-10-20(11-9-19)23-18(2)30-17-36-23/h5-7,18-19H,4,8-17H2,1-3H3,(H,35,39)(H,31,32,33,34);8-11,17,21-22,24,28,32H,6-7,12-16H2,1-5H3,(H,29,33)/t;21-,22+,24-/m.1/s1. The Morgan fingerprint density at radius 2 is 1.57 bits per heavy atom. The first-order valence-electron chi connectivity index (χ1n) is 26.9. The third kappa shape index (κ3) is 19.2. The van der Waals surface area contributed by atoms with Gasteiger partial charge in [0.1, 0.15) is 28.4 Å². The lowest BCUT2D eigenvalue weighted by Crippen LogP contribution is -2.56. The van der Waals surface area contributed by atoms with Crippen LogP contribution in [0.5, 0.6) is 0 Å². The van der Waals surface area contributed by atoms with Crippen LogP contribution in [0.4, 0.5) is 22.5 Å². The molecule has 2 aliphatic rings. The number of hydrogen-bond donors (Lipinski definition) is 5. The van der Waals surface area contributed by atoms with Gasteiger partial charge in [0.15, 0.2) is 5.13 Å². The predicted molar refractivity (Wildman–Crippen MR) is 310 cm³/mol. The van der Waals surface area contributed by atoms with Crippen LogP contribution in [0.15, 0.2) is 60.2 Å². The maximum absolute atomic E-state index is 13.6. The van der Waals surface area contributed by atoms with Gasteiger partial charge >= 0.3 is 0 Å². The molecule has 5 N–H and O–H groups in total. The number of carbonyl (C=O) groups excluding carboxylic acids is 4. The third-order valence-corrected chi connectivity index (χ3v) is 15.2. The van der Waals surface area contributed by atoms with Crippen molar-refractivity contribution >= 4 is 80.4 Å². The summed E-state index contributed by atoms with van der Waals surface area (Å²) >= 11 is 9.07. The summed E-state index contributed by atoms with van der Waals surface area (Å²) in [4.78, 5) is 77.0. The number of aromatic nitrogens is 4. The lowest BCUT2D eigenvalue weighted by molar-refractivity contribution is -0.142. The van der Waals surface area contributed by atoms with Gasteiger partial charge in [0, 0.05) is 71.6 Å². The number of halogens is 1. The lowest BCUT2D eigenvalue weighted by Gasteiger charge is -2.35. The Morgan fingerprint density at radius 1 is 0.873 bits per heavy atom. The van der Waals surface area contributed by atoms with E-state index >= 15 is 0 Å². The molecular weight excluding hydrogens is 1070 g/mol. The molecule has 2 aromatic carbocycles. The SMILES string of the molecule is CCOCCCN[C@H](C(=O)N1C[C@H](O)C[C@H]1C(=O)NCc1ccc(-c2scnc2C)cc1)C(C)(C)C.CCOCCOCCOCCC(=O)N1CCN(c2cc(Nc3ncc(C(=O)Nc4c(C)cccc4Cl)s3)nc(C)n2)CC1. The highest BCUT2D eigenvalue weighted by Gasteiger charge is 2.43. The van der Waals surface area contributed by atoms with Gasteiger partial charge in [0.25, 0.3) is 5.91 Å². The minimum atomic E-state index is -0.717. The molecule has 23 heteroatoms. The van der Waals surface area contributed by atoms with Crippen molar-refractivity contribution in [2.75, 3.05) is 108 Å². The Kier molecular flexibility index (Phi) is 24.8. The Morgan fingerprint density at radius 3 is 2.24 bits per heavy atom. The zero-order valence-corrected chi connectivity index (χ0v) is 49.2. The molecule has 2 aliphatic heterocycles. The molecule has 0 aliphatic carbocycles. The minimum Gasteiger partial charge on any atom is -0.391 e. The molecule has 0 bridgehead atoms. The molecule has 0 radical (unpaired) electrons. The summed E-state index contributed by atoms with van der Waals surface area (Å²) in [5.74, 6) is 1.32. The number of anilines is 4. The molecular formula is C56H78ClN11O9S2. The molecule has 2 fully saturated rings. The van der Waals surface area contributed by atoms with E-state index in [0.717, 1.165) is 39.5 Å². The highest BCUT2D eigenvalue weighted by Crippen LogP contribution is 2.31. The Hall–Kier alpha value is -5.69. The Balaban J connectivity index is 0.000000259. The number of nitrogens with zero attached hydrogens (tertiary/aromatic N) is 7. The highest BCUT2D eigenvalue weighted by atomic mass is 35.5. The van der Waals surface area contributed by atoms with Crippen LogP contribution >= 0.6 is 34.3 Å². The second-order valence-electron chi connectivity index (χ2n) is 20.1. The highest BCUT2D eigenvalue weighted by molar-refractivity contribution is 7.17. The van der Waals surface area contributed by atoms with E-state index in [0.29, 0.717) is 131 Å². The summed E-state index contributed by atoms with van der Waals surface area (Å²) < 4.78 is 21.6. The van der Waals surface area contributed by atoms with E-state index < -0.39 is 18.2 Å². The third-order valence-electron chi connectivity index (χ3n) is 13.0.